The Balaban J connectivity index is 1.96. The summed E-state index contributed by atoms with van der Waals surface area (Å²) in [4.78, 5) is 17.8. The Morgan fingerprint density at radius 3 is 2.95 bits per heavy atom. The Hall–Kier alpha value is -2.41. The van der Waals surface area contributed by atoms with Gasteiger partial charge >= 0.3 is 6.09 Å². The van der Waals surface area contributed by atoms with Gasteiger partial charge in [0, 0.05) is 6.54 Å². The van der Waals surface area contributed by atoms with Crippen molar-refractivity contribution >= 4 is 6.09 Å². The van der Waals surface area contributed by atoms with Crippen LogP contribution in [0.25, 0.3) is 5.69 Å². The molecule has 1 aliphatic rings. The van der Waals surface area contributed by atoms with Crippen molar-refractivity contribution in [3.63, 3.8) is 0 Å². The lowest BCUT2D eigenvalue weighted by molar-refractivity contribution is -0.00873. The second-order valence-corrected chi connectivity index (χ2v) is 4.62. The fourth-order valence-electron chi connectivity index (χ4n) is 2.40. The van der Waals surface area contributed by atoms with Crippen LogP contribution in [0, 0.1) is 0 Å². The fraction of sp³-hybridized carbons (Fsp3) is 0.357. The molecule has 1 aliphatic heterocycles. The Bertz CT molecular complexity index is 614. The second kappa shape index (κ2) is 5.92. The molecule has 1 unspecified atom stereocenters. The lowest BCUT2D eigenvalue weighted by Crippen LogP contribution is -2.44. The minimum Gasteiger partial charge on any atom is -0.453 e. The molecule has 1 aromatic carbocycles. The molecule has 1 saturated heterocycles. The topological polar surface area (TPSA) is 69.5 Å². The van der Waals surface area contributed by atoms with Crippen molar-refractivity contribution in [2.75, 3.05) is 26.9 Å². The number of carbonyl (C=O) groups excluding carboxylic acids is 1. The van der Waals surface area contributed by atoms with E-state index in [1.807, 2.05) is 30.3 Å². The van der Waals surface area contributed by atoms with Crippen molar-refractivity contribution in [3.8, 4) is 5.69 Å². The molecule has 1 aromatic heterocycles. The van der Waals surface area contributed by atoms with Crippen LogP contribution in [0.15, 0.2) is 36.7 Å². The average molecular weight is 288 g/mol. The van der Waals surface area contributed by atoms with E-state index >= 15 is 0 Å². The summed E-state index contributed by atoms with van der Waals surface area (Å²) in [6, 6.07) is 9.35. The minimum absolute atomic E-state index is 0.311. The molecule has 0 saturated carbocycles. The number of carbonyl (C=O) groups is 1. The monoisotopic (exact) mass is 288 g/mol. The summed E-state index contributed by atoms with van der Waals surface area (Å²) in [6.45, 7) is 1.34. The number of hydrogen-bond acceptors (Lipinski definition) is 5. The first-order valence-corrected chi connectivity index (χ1v) is 6.69. The van der Waals surface area contributed by atoms with Crippen molar-refractivity contribution in [1.29, 1.82) is 0 Å². The zero-order chi connectivity index (χ0) is 14.7. The number of nitrogens with zero attached hydrogens (tertiary/aromatic N) is 4. The third-order valence-electron chi connectivity index (χ3n) is 3.41. The van der Waals surface area contributed by atoms with E-state index in [0.717, 1.165) is 5.69 Å². The van der Waals surface area contributed by atoms with Gasteiger partial charge in [0.2, 0.25) is 0 Å². The van der Waals surface area contributed by atoms with E-state index in [9.17, 15) is 4.79 Å². The molecule has 7 nitrogen and oxygen atoms in total. The van der Waals surface area contributed by atoms with Crippen LogP contribution in [0.1, 0.15) is 11.9 Å². The van der Waals surface area contributed by atoms with Crippen LogP contribution in [-0.2, 0) is 9.47 Å². The first kappa shape index (κ1) is 13.6. The van der Waals surface area contributed by atoms with Gasteiger partial charge in [-0.25, -0.2) is 14.5 Å². The molecule has 110 valence electrons. The highest BCUT2D eigenvalue weighted by Crippen LogP contribution is 2.24. The summed E-state index contributed by atoms with van der Waals surface area (Å²) in [5.74, 6) is 0.659. The standard InChI is InChI=1S/C14H16N4O3/c1-20-14(19)17-7-8-21-9-12(17)13-15-10-16-18(13)11-5-3-2-4-6-11/h2-6,10,12H,7-9H2,1H3. The molecule has 3 rings (SSSR count). The lowest BCUT2D eigenvalue weighted by Gasteiger charge is -2.33. The van der Waals surface area contributed by atoms with Crippen LogP contribution in [0.3, 0.4) is 0 Å². The minimum atomic E-state index is -0.383. The zero-order valence-electron chi connectivity index (χ0n) is 11.7. The van der Waals surface area contributed by atoms with E-state index in [4.69, 9.17) is 9.47 Å². The maximum atomic E-state index is 11.9. The van der Waals surface area contributed by atoms with Crippen LogP contribution >= 0.6 is 0 Å². The van der Waals surface area contributed by atoms with Gasteiger partial charge in [-0.05, 0) is 12.1 Å². The molecule has 1 amide bonds. The molecular formula is C14H16N4O3. The number of amides is 1. The molecule has 7 heteroatoms. The van der Waals surface area contributed by atoms with E-state index in [-0.39, 0.29) is 12.1 Å². The highest BCUT2D eigenvalue weighted by molar-refractivity contribution is 5.68. The molecule has 0 spiro atoms. The van der Waals surface area contributed by atoms with Gasteiger partial charge in [0.05, 0.1) is 26.0 Å². The molecule has 1 fully saturated rings. The SMILES string of the molecule is COC(=O)N1CCOCC1c1ncnn1-c1ccccc1. The number of hydrogen-bond donors (Lipinski definition) is 0. The smallest absolute Gasteiger partial charge is 0.410 e. The van der Waals surface area contributed by atoms with Gasteiger partial charge in [-0.2, -0.15) is 5.10 Å². The molecule has 1 atom stereocenters. The number of morpholine rings is 1. The zero-order valence-corrected chi connectivity index (χ0v) is 11.7. The van der Waals surface area contributed by atoms with Gasteiger partial charge in [0.1, 0.15) is 12.4 Å². The van der Waals surface area contributed by atoms with Crippen molar-refractivity contribution in [3.05, 3.63) is 42.5 Å². The van der Waals surface area contributed by atoms with Gasteiger partial charge in [0.25, 0.3) is 0 Å². The van der Waals surface area contributed by atoms with Crippen LogP contribution in [0.2, 0.25) is 0 Å². The predicted molar refractivity (Wildman–Crippen MR) is 74.0 cm³/mol. The quantitative estimate of drug-likeness (QED) is 0.835. The van der Waals surface area contributed by atoms with Gasteiger partial charge < -0.3 is 9.47 Å². The van der Waals surface area contributed by atoms with Gasteiger partial charge in [0.15, 0.2) is 5.82 Å². The van der Waals surface area contributed by atoms with E-state index in [2.05, 4.69) is 10.1 Å². The van der Waals surface area contributed by atoms with E-state index in [1.54, 1.807) is 9.58 Å². The highest BCUT2D eigenvalue weighted by Gasteiger charge is 2.33. The number of benzene rings is 1. The summed E-state index contributed by atoms with van der Waals surface area (Å²) in [5, 5.41) is 4.25. The Labute approximate surface area is 122 Å². The summed E-state index contributed by atoms with van der Waals surface area (Å²) in [5.41, 5.74) is 0.889. The number of methoxy groups -OCH3 is 1. The molecular weight excluding hydrogens is 272 g/mol. The maximum absolute atomic E-state index is 11.9. The van der Waals surface area contributed by atoms with Crippen LogP contribution in [-0.4, -0.2) is 52.6 Å². The molecule has 21 heavy (non-hydrogen) atoms. The summed E-state index contributed by atoms with van der Waals surface area (Å²) in [7, 11) is 1.37. The largest absolute Gasteiger partial charge is 0.453 e. The van der Waals surface area contributed by atoms with Crippen molar-refractivity contribution in [2.45, 2.75) is 6.04 Å². The first-order valence-electron chi connectivity index (χ1n) is 6.69. The summed E-state index contributed by atoms with van der Waals surface area (Å²) >= 11 is 0. The van der Waals surface area contributed by atoms with E-state index in [0.29, 0.717) is 25.6 Å². The predicted octanol–water partition coefficient (Wildman–Crippen LogP) is 1.41. The number of para-hydroxylation sites is 1. The Morgan fingerprint density at radius 2 is 2.19 bits per heavy atom. The normalized spacial score (nSPS) is 18.5. The van der Waals surface area contributed by atoms with E-state index in [1.165, 1.54) is 13.4 Å². The molecule has 0 aliphatic carbocycles. The Morgan fingerprint density at radius 1 is 1.38 bits per heavy atom. The molecule has 2 heterocycles. The van der Waals surface area contributed by atoms with Crippen molar-refractivity contribution < 1.29 is 14.3 Å². The second-order valence-electron chi connectivity index (χ2n) is 4.62. The lowest BCUT2D eigenvalue weighted by atomic mass is 10.2. The third kappa shape index (κ3) is 2.59. The van der Waals surface area contributed by atoms with Gasteiger partial charge in [-0.1, -0.05) is 18.2 Å². The van der Waals surface area contributed by atoms with Crippen LogP contribution in [0.4, 0.5) is 4.79 Å². The maximum Gasteiger partial charge on any atom is 0.410 e. The third-order valence-corrected chi connectivity index (χ3v) is 3.41. The summed E-state index contributed by atoms with van der Waals surface area (Å²) < 4.78 is 12.0. The number of aromatic nitrogens is 3. The van der Waals surface area contributed by atoms with Gasteiger partial charge in [-0.15, -0.1) is 0 Å². The number of ether oxygens (including phenoxy) is 2. The molecule has 2 aromatic rings. The summed E-state index contributed by atoms with van der Waals surface area (Å²) in [6.07, 6.45) is 1.10. The highest BCUT2D eigenvalue weighted by atomic mass is 16.5. The first-order chi connectivity index (χ1) is 10.3. The van der Waals surface area contributed by atoms with Crippen molar-refractivity contribution in [2.24, 2.45) is 0 Å². The average Bonchev–Trinajstić information content (AvgIpc) is 3.04. The van der Waals surface area contributed by atoms with Gasteiger partial charge in [-0.3, -0.25) is 4.90 Å². The Kier molecular flexibility index (Phi) is 3.83. The van der Waals surface area contributed by atoms with Crippen LogP contribution < -0.4 is 0 Å². The van der Waals surface area contributed by atoms with Crippen molar-refractivity contribution in [1.82, 2.24) is 19.7 Å². The van der Waals surface area contributed by atoms with E-state index < -0.39 is 0 Å². The molecule has 0 N–H and O–H groups in total. The molecule has 0 radical (unpaired) electrons. The molecule has 0 bridgehead atoms. The van der Waals surface area contributed by atoms with Crippen LogP contribution in [0.5, 0.6) is 0 Å². The fourth-order valence-corrected chi connectivity index (χ4v) is 2.40. The number of rotatable bonds is 2.